The van der Waals surface area contributed by atoms with Crippen LogP contribution in [0.1, 0.15) is 37.4 Å². The van der Waals surface area contributed by atoms with Crippen molar-refractivity contribution < 1.29 is 4.74 Å². The first kappa shape index (κ1) is 13.9. The summed E-state index contributed by atoms with van der Waals surface area (Å²) in [5, 5.41) is 2.70. The highest BCUT2D eigenvalue weighted by atomic mass is 32.1. The van der Waals surface area contributed by atoms with Gasteiger partial charge in [-0.15, -0.1) is 11.3 Å². The molecule has 19 heavy (non-hydrogen) atoms. The quantitative estimate of drug-likeness (QED) is 0.900. The number of rotatable bonds is 5. The summed E-state index contributed by atoms with van der Waals surface area (Å²) in [5.41, 5.74) is 8.10. The maximum Gasteiger partial charge on any atom is 0.180 e. The first-order valence-corrected chi connectivity index (χ1v) is 7.38. The van der Waals surface area contributed by atoms with E-state index < -0.39 is 0 Å². The van der Waals surface area contributed by atoms with Gasteiger partial charge in [-0.05, 0) is 23.6 Å². The number of anilines is 1. The number of nitrogens with zero attached hydrogens (tertiary/aromatic N) is 1. The lowest BCUT2D eigenvalue weighted by Crippen LogP contribution is -2.11. The molecule has 0 bridgehead atoms. The Morgan fingerprint density at radius 2 is 2.00 bits per heavy atom. The maximum atomic E-state index is 5.77. The molecule has 0 aliphatic rings. The first-order valence-electron chi connectivity index (χ1n) is 6.50. The standard InChI is InChI=1S/C15H20N2OS/c1-4-10(2)14(13-9-19-15(16)17-13)11-5-7-12(18-3)8-6-11/h5-10,14H,4H2,1-3H3,(H2,16,17). The summed E-state index contributed by atoms with van der Waals surface area (Å²) in [4.78, 5) is 4.46. The maximum absolute atomic E-state index is 5.77. The van der Waals surface area contributed by atoms with E-state index in [1.807, 2.05) is 12.1 Å². The Bertz CT molecular complexity index is 521. The summed E-state index contributed by atoms with van der Waals surface area (Å²) >= 11 is 1.50. The molecular formula is C15H20N2OS. The third-order valence-corrected chi connectivity index (χ3v) is 4.24. The Hall–Kier alpha value is -1.55. The minimum atomic E-state index is 0.296. The monoisotopic (exact) mass is 276 g/mol. The SMILES string of the molecule is CCC(C)C(c1ccc(OC)cc1)c1csc(N)n1. The smallest absolute Gasteiger partial charge is 0.180 e. The predicted molar refractivity (Wildman–Crippen MR) is 80.8 cm³/mol. The molecule has 1 heterocycles. The molecule has 1 aromatic heterocycles. The fraction of sp³-hybridized carbons (Fsp3) is 0.400. The Balaban J connectivity index is 2.36. The van der Waals surface area contributed by atoms with E-state index in [9.17, 15) is 0 Å². The Morgan fingerprint density at radius 3 is 2.47 bits per heavy atom. The van der Waals surface area contributed by atoms with E-state index in [-0.39, 0.29) is 0 Å². The number of nitrogen functional groups attached to an aromatic ring is 1. The van der Waals surface area contributed by atoms with Crippen molar-refractivity contribution in [1.82, 2.24) is 4.98 Å². The van der Waals surface area contributed by atoms with Crippen LogP contribution in [0.3, 0.4) is 0 Å². The molecule has 2 unspecified atom stereocenters. The van der Waals surface area contributed by atoms with Gasteiger partial charge in [0.25, 0.3) is 0 Å². The van der Waals surface area contributed by atoms with E-state index in [1.54, 1.807) is 7.11 Å². The minimum absolute atomic E-state index is 0.296. The van der Waals surface area contributed by atoms with Gasteiger partial charge in [-0.25, -0.2) is 4.98 Å². The van der Waals surface area contributed by atoms with Gasteiger partial charge in [0.15, 0.2) is 5.13 Å². The minimum Gasteiger partial charge on any atom is -0.497 e. The largest absolute Gasteiger partial charge is 0.497 e. The normalized spacial score (nSPS) is 14.1. The van der Waals surface area contributed by atoms with E-state index >= 15 is 0 Å². The Labute approximate surface area is 118 Å². The molecule has 4 heteroatoms. The first-order chi connectivity index (χ1) is 9.15. The van der Waals surface area contributed by atoms with Crippen LogP contribution in [-0.2, 0) is 0 Å². The highest BCUT2D eigenvalue weighted by Gasteiger charge is 2.22. The van der Waals surface area contributed by atoms with Crippen LogP contribution in [0.25, 0.3) is 0 Å². The van der Waals surface area contributed by atoms with Crippen molar-refractivity contribution >= 4 is 16.5 Å². The van der Waals surface area contributed by atoms with Gasteiger partial charge in [0.2, 0.25) is 0 Å². The number of ether oxygens (including phenoxy) is 1. The zero-order chi connectivity index (χ0) is 13.8. The second-order valence-electron chi connectivity index (χ2n) is 4.75. The van der Waals surface area contributed by atoms with Gasteiger partial charge in [-0.3, -0.25) is 0 Å². The van der Waals surface area contributed by atoms with Gasteiger partial charge in [-0.2, -0.15) is 0 Å². The molecular weight excluding hydrogens is 256 g/mol. The van der Waals surface area contributed by atoms with Gasteiger partial charge in [-0.1, -0.05) is 32.4 Å². The number of aromatic nitrogens is 1. The second kappa shape index (κ2) is 6.06. The lowest BCUT2D eigenvalue weighted by atomic mass is 9.83. The van der Waals surface area contributed by atoms with Crippen molar-refractivity contribution in [3.05, 3.63) is 40.9 Å². The van der Waals surface area contributed by atoms with Gasteiger partial charge in [0, 0.05) is 11.3 Å². The van der Waals surface area contributed by atoms with Crippen LogP contribution in [0.4, 0.5) is 5.13 Å². The summed E-state index contributed by atoms with van der Waals surface area (Å²) < 4.78 is 5.21. The van der Waals surface area contributed by atoms with Crippen molar-refractivity contribution in [2.75, 3.05) is 12.8 Å². The molecule has 3 nitrogen and oxygen atoms in total. The Kier molecular flexibility index (Phi) is 4.43. The molecule has 2 N–H and O–H groups in total. The molecule has 0 fully saturated rings. The number of methoxy groups -OCH3 is 1. The van der Waals surface area contributed by atoms with E-state index in [0.29, 0.717) is 17.0 Å². The summed E-state index contributed by atoms with van der Waals surface area (Å²) in [6, 6.07) is 8.23. The molecule has 0 radical (unpaired) electrons. The van der Waals surface area contributed by atoms with E-state index in [2.05, 4.69) is 36.3 Å². The van der Waals surface area contributed by atoms with Gasteiger partial charge >= 0.3 is 0 Å². The number of thiazole rings is 1. The van der Waals surface area contributed by atoms with Crippen molar-refractivity contribution in [3.63, 3.8) is 0 Å². The zero-order valence-electron chi connectivity index (χ0n) is 11.6. The molecule has 0 spiro atoms. The van der Waals surface area contributed by atoms with Crippen molar-refractivity contribution in [3.8, 4) is 5.75 Å². The van der Waals surface area contributed by atoms with Crippen LogP contribution in [0.5, 0.6) is 5.75 Å². The van der Waals surface area contributed by atoms with Crippen LogP contribution < -0.4 is 10.5 Å². The van der Waals surface area contributed by atoms with Crippen LogP contribution >= 0.6 is 11.3 Å². The molecule has 0 saturated carbocycles. The molecule has 2 atom stereocenters. The molecule has 1 aromatic carbocycles. The molecule has 2 rings (SSSR count). The van der Waals surface area contributed by atoms with E-state index in [0.717, 1.165) is 17.9 Å². The lowest BCUT2D eigenvalue weighted by molar-refractivity contribution is 0.414. The molecule has 102 valence electrons. The third kappa shape index (κ3) is 3.07. The van der Waals surface area contributed by atoms with Crippen LogP contribution in [0.15, 0.2) is 29.6 Å². The van der Waals surface area contributed by atoms with Crippen molar-refractivity contribution in [1.29, 1.82) is 0 Å². The molecule has 0 aliphatic heterocycles. The average Bonchev–Trinajstić information content (AvgIpc) is 2.86. The van der Waals surface area contributed by atoms with Crippen molar-refractivity contribution in [2.24, 2.45) is 5.92 Å². The Morgan fingerprint density at radius 1 is 1.32 bits per heavy atom. The van der Waals surface area contributed by atoms with Crippen molar-refractivity contribution in [2.45, 2.75) is 26.2 Å². The van der Waals surface area contributed by atoms with E-state index in [1.165, 1.54) is 16.9 Å². The summed E-state index contributed by atoms with van der Waals surface area (Å²) in [6.45, 7) is 4.46. The lowest BCUT2D eigenvalue weighted by Gasteiger charge is -2.22. The average molecular weight is 276 g/mol. The van der Waals surface area contributed by atoms with Gasteiger partial charge < -0.3 is 10.5 Å². The third-order valence-electron chi connectivity index (χ3n) is 3.55. The van der Waals surface area contributed by atoms with Gasteiger partial charge in [0.1, 0.15) is 5.75 Å². The number of hydrogen-bond donors (Lipinski definition) is 1. The van der Waals surface area contributed by atoms with Crippen LogP contribution in [0, 0.1) is 5.92 Å². The molecule has 0 saturated heterocycles. The zero-order valence-corrected chi connectivity index (χ0v) is 12.4. The number of nitrogens with two attached hydrogens (primary N) is 1. The van der Waals surface area contributed by atoms with Crippen LogP contribution in [-0.4, -0.2) is 12.1 Å². The predicted octanol–water partition coefficient (Wildman–Crippen LogP) is 3.91. The molecule has 0 aliphatic carbocycles. The summed E-state index contributed by atoms with van der Waals surface area (Å²) in [5.74, 6) is 1.70. The fourth-order valence-corrected chi connectivity index (χ4v) is 2.88. The highest BCUT2D eigenvalue weighted by molar-refractivity contribution is 7.13. The number of hydrogen-bond acceptors (Lipinski definition) is 4. The fourth-order valence-electron chi connectivity index (χ4n) is 2.28. The molecule has 0 amide bonds. The summed E-state index contributed by atoms with van der Waals surface area (Å²) in [6.07, 6.45) is 1.11. The van der Waals surface area contributed by atoms with Crippen LogP contribution in [0.2, 0.25) is 0 Å². The van der Waals surface area contributed by atoms with Gasteiger partial charge in [0.05, 0.1) is 12.8 Å². The highest BCUT2D eigenvalue weighted by Crippen LogP contribution is 2.35. The summed E-state index contributed by atoms with van der Waals surface area (Å²) in [7, 11) is 1.68. The molecule has 2 aromatic rings. The second-order valence-corrected chi connectivity index (χ2v) is 5.64. The number of benzene rings is 1. The van der Waals surface area contributed by atoms with E-state index in [4.69, 9.17) is 10.5 Å². The topological polar surface area (TPSA) is 48.1 Å².